The summed E-state index contributed by atoms with van der Waals surface area (Å²) in [4.78, 5) is 13.4. The van der Waals surface area contributed by atoms with Crippen molar-refractivity contribution in [2.24, 2.45) is 0 Å². The molecule has 1 N–H and O–H groups in total. The van der Waals surface area contributed by atoms with Crippen LogP contribution in [0.1, 0.15) is 6.42 Å². The van der Waals surface area contributed by atoms with E-state index in [9.17, 15) is 22.0 Å². The number of anilines is 1. The number of halogens is 2. The van der Waals surface area contributed by atoms with Crippen LogP contribution in [0.2, 0.25) is 0 Å². The van der Waals surface area contributed by atoms with Gasteiger partial charge in [-0.15, -0.1) is 0 Å². The SMILES string of the molecule is COc1ccc(N2CC[C@@H](NS(=O)(=O)c3cc(F)cc(F)c3)C2=O)cc1. The fourth-order valence-corrected chi connectivity index (χ4v) is 4.01. The van der Waals surface area contributed by atoms with E-state index in [2.05, 4.69) is 4.72 Å². The van der Waals surface area contributed by atoms with Gasteiger partial charge in [0.2, 0.25) is 15.9 Å². The average molecular weight is 382 g/mol. The Bertz CT molecular complexity index is 912. The fraction of sp³-hybridized carbons (Fsp3) is 0.235. The number of benzene rings is 2. The number of amides is 1. The van der Waals surface area contributed by atoms with Crippen molar-refractivity contribution in [2.75, 3.05) is 18.6 Å². The van der Waals surface area contributed by atoms with Gasteiger partial charge in [-0.2, -0.15) is 4.72 Å². The highest BCUT2D eigenvalue weighted by Gasteiger charge is 2.35. The molecule has 9 heteroatoms. The lowest BCUT2D eigenvalue weighted by Crippen LogP contribution is -2.41. The van der Waals surface area contributed by atoms with Gasteiger partial charge in [-0.25, -0.2) is 17.2 Å². The Balaban J connectivity index is 1.77. The van der Waals surface area contributed by atoms with E-state index in [0.29, 0.717) is 36.2 Å². The summed E-state index contributed by atoms with van der Waals surface area (Å²) in [6, 6.07) is 7.73. The number of sulfonamides is 1. The van der Waals surface area contributed by atoms with Gasteiger partial charge in [-0.05, 0) is 42.8 Å². The molecule has 1 fully saturated rings. The first kappa shape index (κ1) is 18.3. The first-order valence-corrected chi connectivity index (χ1v) is 9.22. The molecule has 0 aliphatic carbocycles. The van der Waals surface area contributed by atoms with Crippen LogP contribution in [0.3, 0.4) is 0 Å². The van der Waals surface area contributed by atoms with Crippen LogP contribution in [-0.2, 0) is 14.8 Å². The summed E-state index contributed by atoms with van der Waals surface area (Å²) in [7, 11) is -2.71. The van der Waals surface area contributed by atoms with Crippen molar-refractivity contribution in [3.63, 3.8) is 0 Å². The molecule has 0 bridgehead atoms. The van der Waals surface area contributed by atoms with Gasteiger partial charge < -0.3 is 9.64 Å². The predicted molar refractivity (Wildman–Crippen MR) is 90.4 cm³/mol. The van der Waals surface area contributed by atoms with Crippen molar-refractivity contribution >= 4 is 21.6 Å². The van der Waals surface area contributed by atoms with Crippen molar-refractivity contribution in [1.82, 2.24) is 4.72 Å². The van der Waals surface area contributed by atoms with Gasteiger partial charge in [0.25, 0.3) is 0 Å². The summed E-state index contributed by atoms with van der Waals surface area (Å²) >= 11 is 0. The lowest BCUT2D eigenvalue weighted by Gasteiger charge is -2.17. The fourth-order valence-electron chi connectivity index (χ4n) is 2.75. The molecular weight excluding hydrogens is 366 g/mol. The Kier molecular flexibility index (Phi) is 4.92. The molecule has 1 aliphatic rings. The standard InChI is InChI=1S/C17H16F2N2O4S/c1-25-14-4-2-13(3-5-14)21-7-6-16(17(21)22)20-26(23,24)15-9-11(18)8-12(19)10-15/h2-5,8-10,16,20H,6-7H2,1H3/t16-/m1/s1. The van der Waals surface area contributed by atoms with Gasteiger partial charge in [-0.1, -0.05) is 0 Å². The van der Waals surface area contributed by atoms with E-state index in [0.717, 1.165) is 0 Å². The maximum Gasteiger partial charge on any atom is 0.245 e. The zero-order chi connectivity index (χ0) is 18.9. The molecule has 6 nitrogen and oxygen atoms in total. The zero-order valence-electron chi connectivity index (χ0n) is 13.8. The summed E-state index contributed by atoms with van der Waals surface area (Å²) in [6.07, 6.45) is 0.238. The topological polar surface area (TPSA) is 75.7 Å². The monoisotopic (exact) mass is 382 g/mol. The third-order valence-corrected chi connectivity index (χ3v) is 5.48. The van der Waals surface area contributed by atoms with Gasteiger partial charge in [0, 0.05) is 18.3 Å². The smallest absolute Gasteiger partial charge is 0.245 e. The maximum atomic E-state index is 13.3. The second-order valence-electron chi connectivity index (χ2n) is 5.76. The number of carbonyl (C=O) groups excluding carboxylic acids is 1. The largest absolute Gasteiger partial charge is 0.497 e. The highest BCUT2D eigenvalue weighted by molar-refractivity contribution is 7.89. The molecule has 2 aromatic rings. The number of methoxy groups -OCH3 is 1. The summed E-state index contributed by atoms with van der Waals surface area (Å²) in [5, 5.41) is 0. The number of nitrogens with zero attached hydrogens (tertiary/aromatic N) is 1. The molecule has 138 valence electrons. The summed E-state index contributed by atoms with van der Waals surface area (Å²) in [5.74, 6) is -1.83. The van der Waals surface area contributed by atoms with Gasteiger partial charge in [0.05, 0.1) is 12.0 Å². The lowest BCUT2D eigenvalue weighted by atomic mass is 10.2. The van der Waals surface area contributed by atoms with Crippen LogP contribution in [0.5, 0.6) is 5.75 Å². The molecule has 3 rings (SSSR count). The van der Waals surface area contributed by atoms with Gasteiger partial charge in [-0.3, -0.25) is 4.79 Å². The molecule has 1 saturated heterocycles. The van der Waals surface area contributed by atoms with E-state index in [1.54, 1.807) is 24.3 Å². The van der Waals surface area contributed by atoms with Gasteiger partial charge in [0.15, 0.2) is 0 Å². The van der Waals surface area contributed by atoms with E-state index in [4.69, 9.17) is 4.74 Å². The Morgan fingerprint density at radius 3 is 2.31 bits per heavy atom. The predicted octanol–water partition coefficient (Wildman–Crippen LogP) is 2.06. The molecule has 26 heavy (non-hydrogen) atoms. The molecule has 0 unspecified atom stereocenters. The Hall–Kier alpha value is -2.52. The lowest BCUT2D eigenvalue weighted by molar-refractivity contribution is -0.118. The van der Waals surface area contributed by atoms with E-state index in [-0.39, 0.29) is 6.42 Å². The molecule has 0 radical (unpaired) electrons. The van der Waals surface area contributed by atoms with Crippen LogP contribution >= 0.6 is 0 Å². The summed E-state index contributed by atoms with van der Waals surface area (Å²) < 4.78 is 58.5. The molecule has 2 aromatic carbocycles. The van der Waals surface area contributed by atoms with E-state index in [1.165, 1.54) is 12.0 Å². The van der Waals surface area contributed by atoms with Crippen molar-refractivity contribution in [2.45, 2.75) is 17.4 Å². The van der Waals surface area contributed by atoms with Crippen molar-refractivity contribution in [1.29, 1.82) is 0 Å². The quantitative estimate of drug-likeness (QED) is 0.859. The van der Waals surface area contributed by atoms with Crippen LogP contribution < -0.4 is 14.4 Å². The third-order valence-electron chi connectivity index (χ3n) is 4.03. The van der Waals surface area contributed by atoms with Crippen LogP contribution in [0.25, 0.3) is 0 Å². The highest BCUT2D eigenvalue weighted by atomic mass is 32.2. The normalized spacial score (nSPS) is 17.6. The second kappa shape index (κ2) is 7.00. The number of hydrogen-bond acceptors (Lipinski definition) is 4. The number of hydrogen-bond donors (Lipinski definition) is 1. The molecule has 1 heterocycles. The van der Waals surface area contributed by atoms with E-state index >= 15 is 0 Å². The highest BCUT2D eigenvalue weighted by Crippen LogP contribution is 2.25. The number of nitrogens with one attached hydrogen (secondary N) is 1. The van der Waals surface area contributed by atoms with E-state index < -0.39 is 38.5 Å². The zero-order valence-corrected chi connectivity index (χ0v) is 14.6. The number of ether oxygens (including phenoxy) is 1. The third kappa shape index (κ3) is 3.68. The number of rotatable bonds is 5. The van der Waals surface area contributed by atoms with Crippen LogP contribution in [-0.4, -0.2) is 34.0 Å². The summed E-state index contributed by atoms with van der Waals surface area (Å²) in [6.45, 7) is 0.315. The maximum absolute atomic E-state index is 13.3. The Morgan fingerprint density at radius 2 is 1.73 bits per heavy atom. The molecule has 0 spiro atoms. The molecule has 1 aliphatic heterocycles. The van der Waals surface area contributed by atoms with Gasteiger partial charge in [0.1, 0.15) is 23.4 Å². The Morgan fingerprint density at radius 1 is 1.12 bits per heavy atom. The molecule has 0 saturated carbocycles. The molecular formula is C17H16F2N2O4S. The van der Waals surface area contributed by atoms with Crippen molar-refractivity contribution in [3.05, 3.63) is 54.1 Å². The first-order chi connectivity index (χ1) is 12.3. The van der Waals surface area contributed by atoms with Gasteiger partial charge >= 0.3 is 0 Å². The minimum atomic E-state index is -4.24. The van der Waals surface area contributed by atoms with E-state index in [1.807, 2.05) is 0 Å². The average Bonchev–Trinajstić information content (AvgIpc) is 2.94. The Labute approximate surface area is 149 Å². The minimum Gasteiger partial charge on any atom is -0.497 e. The number of carbonyl (C=O) groups is 1. The first-order valence-electron chi connectivity index (χ1n) is 7.74. The molecule has 1 atom stereocenters. The molecule has 1 amide bonds. The van der Waals surface area contributed by atoms with Crippen LogP contribution in [0, 0.1) is 11.6 Å². The molecule has 0 aromatic heterocycles. The summed E-state index contributed by atoms with van der Waals surface area (Å²) in [5.41, 5.74) is 0.606. The van der Waals surface area contributed by atoms with Crippen molar-refractivity contribution in [3.8, 4) is 5.75 Å². The van der Waals surface area contributed by atoms with Crippen LogP contribution in [0.15, 0.2) is 47.4 Å². The van der Waals surface area contributed by atoms with Crippen LogP contribution in [0.4, 0.5) is 14.5 Å². The minimum absolute atomic E-state index is 0.238. The second-order valence-corrected chi connectivity index (χ2v) is 7.47. The van der Waals surface area contributed by atoms with Crippen molar-refractivity contribution < 1.29 is 26.7 Å².